The first-order valence-electron chi connectivity index (χ1n) is 5.84. The van der Waals surface area contributed by atoms with Gasteiger partial charge in [-0.05, 0) is 29.8 Å². The van der Waals surface area contributed by atoms with E-state index >= 15 is 0 Å². The summed E-state index contributed by atoms with van der Waals surface area (Å²) in [5.41, 5.74) is 8.30. The number of sulfone groups is 1. The van der Waals surface area contributed by atoms with Crippen LogP contribution in [0.3, 0.4) is 0 Å². The van der Waals surface area contributed by atoms with Gasteiger partial charge >= 0.3 is 0 Å². The second-order valence-electron chi connectivity index (χ2n) is 4.35. The predicted octanol–water partition coefficient (Wildman–Crippen LogP) is 2.28. The lowest BCUT2D eigenvalue weighted by Crippen LogP contribution is -2.04. The standard InChI is InChI=1S/C14H16N2O2S/c1-19(17,18)13-7-4-6-12(9-13)16-10-11-5-2-3-8-14(11)15/h2-9,16H,10,15H2,1H3. The van der Waals surface area contributed by atoms with E-state index < -0.39 is 9.84 Å². The number of hydrogen-bond acceptors (Lipinski definition) is 4. The third kappa shape index (κ3) is 3.48. The summed E-state index contributed by atoms with van der Waals surface area (Å²) >= 11 is 0. The largest absolute Gasteiger partial charge is 0.398 e. The van der Waals surface area contributed by atoms with Gasteiger partial charge in [0.2, 0.25) is 0 Å². The van der Waals surface area contributed by atoms with Gasteiger partial charge in [0.1, 0.15) is 0 Å². The maximum absolute atomic E-state index is 11.5. The van der Waals surface area contributed by atoms with Crippen molar-refractivity contribution in [3.63, 3.8) is 0 Å². The first kappa shape index (κ1) is 13.4. The number of nitrogens with two attached hydrogens (primary N) is 1. The molecule has 0 spiro atoms. The molecule has 0 heterocycles. The maximum Gasteiger partial charge on any atom is 0.175 e. The fourth-order valence-electron chi connectivity index (χ4n) is 1.73. The van der Waals surface area contributed by atoms with E-state index in [1.807, 2.05) is 30.3 Å². The highest BCUT2D eigenvalue weighted by atomic mass is 32.2. The maximum atomic E-state index is 11.5. The van der Waals surface area contributed by atoms with E-state index in [0.717, 1.165) is 11.3 Å². The Morgan fingerprint density at radius 3 is 2.53 bits per heavy atom. The van der Waals surface area contributed by atoms with Gasteiger partial charge in [-0.3, -0.25) is 0 Å². The average molecular weight is 276 g/mol. The number of para-hydroxylation sites is 1. The molecule has 0 saturated carbocycles. The summed E-state index contributed by atoms with van der Waals surface area (Å²) in [6.45, 7) is 0.555. The highest BCUT2D eigenvalue weighted by Gasteiger charge is 2.07. The molecule has 0 bridgehead atoms. The lowest BCUT2D eigenvalue weighted by Gasteiger charge is -2.09. The lowest BCUT2D eigenvalue weighted by atomic mass is 10.2. The fraction of sp³-hybridized carbons (Fsp3) is 0.143. The van der Waals surface area contributed by atoms with Crippen molar-refractivity contribution in [2.24, 2.45) is 0 Å². The first-order chi connectivity index (χ1) is 8.97. The predicted molar refractivity (Wildman–Crippen MR) is 77.7 cm³/mol. The number of benzene rings is 2. The van der Waals surface area contributed by atoms with Crippen LogP contribution in [0.25, 0.3) is 0 Å². The summed E-state index contributed by atoms with van der Waals surface area (Å²) in [5.74, 6) is 0. The van der Waals surface area contributed by atoms with Crippen LogP contribution in [0.2, 0.25) is 0 Å². The molecule has 0 fully saturated rings. The Morgan fingerprint density at radius 1 is 1.11 bits per heavy atom. The molecular formula is C14H16N2O2S. The molecule has 2 aromatic carbocycles. The van der Waals surface area contributed by atoms with Crippen molar-refractivity contribution in [3.8, 4) is 0 Å². The van der Waals surface area contributed by atoms with Crippen LogP contribution in [0.15, 0.2) is 53.4 Å². The van der Waals surface area contributed by atoms with Crippen LogP contribution in [0.1, 0.15) is 5.56 Å². The Morgan fingerprint density at radius 2 is 1.84 bits per heavy atom. The van der Waals surface area contributed by atoms with Crippen LogP contribution in [0.5, 0.6) is 0 Å². The third-order valence-corrected chi connectivity index (χ3v) is 3.91. The van der Waals surface area contributed by atoms with Gasteiger partial charge in [-0.25, -0.2) is 8.42 Å². The normalized spacial score (nSPS) is 11.2. The van der Waals surface area contributed by atoms with Gasteiger partial charge in [0.25, 0.3) is 0 Å². The van der Waals surface area contributed by atoms with Crippen LogP contribution >= 0.6 is 0 Å². The van der Waals surface area contributed by atoms with E-state index in [-0.39, 0.29) is 0 Å². The number of anilines is 2. The molecule has 19 heavy (non-hydrogen) atoms. The smallest absolute Gasteiger partial charge is 0.175 e. The van der Waals surface area contributed by atoms with Gasteiger partial charge in [-0.15, -0.1) is 0 Å². The van der Waals surface area contributed by atoms with Gasteiger partial charge < -0.3 is 11.1 Å². The molecule has 0 aliphatic heterocycles. The summed E-state index contributed by atoms with van der Waals surface area (Å²) in [7, 11) is -3.18. The van der Waals surface area contributed by atoms with E-state index in [1.54, 1.807) is 18.2 Å². The number of hydrogen-bond donors (Lipinski definition) is 2. The van der Waals surface area contributed by atoms with Gasteiger partial charge in [-0.1, -0.05) is 24.3 Å². The zero-order valence-electron chi connectivity index (χ0n) is 10.6. The van der Waals surface area contributed by atoms with Crippen LogP contribution in [0.4, 0.5) is 11.4 Å². The molecule has 0 aliphatic carbocycles. The van der Waals surface area contributed by atoms with Crippen molar-refractivity contribution < 1.29 is 8.42 Å². The molecule has 2 aromatic rings. The molecular weight excluding hydrogens is 260 g/mol. The van der Waals surface area contributed by atoms with E-state index in [9.17, 15) is 8.42 Å². The second-order valence-corrected chi connectivity index (χ2v) is 6.37. The molecule has 4 nitrogen and oxygen atoms in total. The molecule has 0 unspecified atom stereocenters. The van der Waals surface area contributed by atoms with Gasteiger partial charge in [0.05, 0.1) is 4.90 Å². The fourth-order valence-corrected chi connectivity index (χ4v) is 2.40. The van der Waals surface area contributed by atoms with Crippen LogP contribution < -0.4 is 11.1 Å². The SMILES string of the molecule is CS(=O)(=O)c1cccc(NCc2ccccc2N)c1. The quantitative estimate of drug-likeness (QED) is 0.840. The van der Waals surface area contributed by atoms with Gasteiger partial charge in [0.15, 0.2) is 9.84 Å². The number of nitrogen functional groups attached to an aromatic ring is 1. The Kier molecular flexibility index (Phi) is 3.76. The van der Waals surface area contributed by atoms with Crippen LogP contribution in [0, 0.1) is 0 Å². The lowest BCUT2D eigenvalue weighted by molar-refractivity contribution is 0.602. The van der Waals surface area contributed by atoms with Crippen LogP contribution in [-0.2, 0) is 16.4 Å². The summed E-state index contributed by atoms with van der Waals surface area (Å²) < 4.78 is 22.9. The van der Waals surface area contributed by atoms with Gasteiger partial charge in [0, 0.05) is 24.2 Å². The Bertz CT molecular complexity index is 681. The zero-order valence-corrected chi connectivity index (χ0v) is 11.4. The van der Waals surface area contributed by atoms with Crippen molar-refractivity contribution in [2.75, 3.05) is 17.3 Å². The molecule has 0 aliphatic rings. The Labute approximate surface area is 113 Å². The molecule has 5 heteroatoms. The van der Waals surface area contributed by atoms with Crippen molar-refractivity contribution in [2.45, 2.75) is 11.4 Å². The monoisotopic (exact) mass is 276 g/mol. The van der Waals surface area contributed by atoms with E-state index in [4.69, 9.17) is 5.73 Å². The van der Waals surface area contributed by atoms with Gasteiger partial charge in [-0.2, -0.15) is 0 Å². The van der Waals surface area contributed by atoms with Crippen molar-refractivity contribution in [3.05, 3.63) is 54.1 Å². The van der Waals surface area contributed by atoms with E-state index in [2.05, 4.69) is 5.32 Å². The minimum absolute atomic E-state index is 0.304. The molecule has 0 radical (unpaired) electrons. The number of rotatable bonds is 4. The summed E-state index contributed by atoms with van der Waals surface area (Å²) in [4.78, 5) is 0.304. The molecule has 100 valence electrons. The molecule has 0 amide bonds. The molecule has 2 rings (SSSR count). The van der Waals surface area contributed by atoms with Crippen molar-refractivity contribution >= 4 is 21.2 Å². The van der Waals surface area contributed by atoms with Crippen molar-refractivity contribution in [1.29, 1.82) is 0 Å². The Hall–Kier alpha value is -2.01. The van der Waals surface area contributed by atoms with E-state index in [0.29, 0.717) is 17.1 Å². The highest BCUT2D eigenvalue weighted by molar-refractivity contribution is 7.90. The minimum atomic E-state index is -3.18. The highest BCUT2D eigenvalue weighted by Crippen LogP contribution is 2.17. The van der Waals surface area contributed by atoms with Crippen molar-refractivity contribution in [1.82, 2.24) is 0 Å². The molecule has 3 N–H and O–H groups in total. The molecule has 0 aromatic heterocycles. The number of nitrogens with one attached hydrogen (secondary N) is 1. The summed E-state index contributed by atoms with van der Waals surface area (Å²) in [5, 5.41) is 3.17. The third-order valence-electron chi connectivity index (χ3n) is 2.80. The zero-order chi connectivity index (χ0) is 13.9. The Balaban J connectivity index is 2.15. The second kappa shape index (κ2) is 5.32. The summed E-state index contributed by atoms with van der Waals surface area (Å²) in [6.07, 6.45) is 1.20. The first-order valence-corrected chi connectivity index (χ1v) is 7.73. The topological polar surface area (TPSA) is 72.2 Å². The summed E-state index contributed by atoms with van der Waals surface area (Å²) in [6, 6.07) is 14.3. The average Bonchev–Trinajstić information content (AvgIpc) is 2.37. The molecule has 0 saturated heterocycles. The minimum Gasteiger partial charge on any atom is -0.398 e. The molecule has 0 atom stereocenters. The van der Waals surface area contributed by atoms with Crippen LogP contribution in [-0.4, -0.2) is 14.7 Å². The van der Waals surface area contributed by atoms with E-state index in [1.165, 1.54) is 6.26 Å².